The van der Waals surface area contributed by atoms with E-state index in [1.807, 2.05) is 6.07 Å². The highest BCUT2D eigenvalue weighted by atomic mass is 16.5. The van der Waals surface area contributed by atoms with Crippen molar-refractivity contribution in [3.05, 3.63) is 35.9 Å². The molecule has 2 atom stereocenters. The Balaban J connectivity index is 2.61. The SMILES string of the molecule is CCOC(=O)C(O)CN(C)C(=O)N[C@@H](Cc1ccccc1)C(=O)O. The van der Waals surface area contributed by atoms with E-state index in [0.29, 0.717) is 0 Å². The maximum atomic E-state index is 12.1. The van der Waals surface area contributed by atoms with Crippen LogP contribution in [0.4, 0.5) is 4.79 Å². The number of likely N-dealkylation sites (N-methyl/N-ethyl adjacent to an activating group) is 1. The third-order valence-electron chi connectivity index (χ3n) is 3.23. The van der Waals surface area contributed by atoms with Gasteiger partial charge in [0.15, 0.2) is 6.10 Å². The Kier molecular flexibility index (Phi) is 7.70. The lowest BCUT2D eigenvalue weighted by molar-refractivity contribution is -0.153. The predicted octanol–water partition coefficient (Wildman–Crippen LogP) is 0.248. The number of carbonyl (C=O) groups is 3. The van der Waals surface area contributed by atoms with Crippen molar-refractivity contribution in [3.8, 4) is 0 Å². The lowest BCUT2D eigenvalue weighted by atomic mass is 10.1. The van der Waals surface area contributed by atoms with Crippen LogP contribution in [-0.2, 0) is 20.7 Å². The molecule has 0 saturated heterocycles. The Morgan fingerprint density at radius 1 is 1.25 bits per heavy atom. The second-order valence-electron chi connectivity index (χ2n) is 5.18. The minimum atomic E-state index is -1.49. The summed E-state index contributed by atoms with van der Waals surface area (Å²) < 4.78 is 4.64. The first kappa shape index (κ1) is 19.4. The Morgan fingerprint density at radius 2 is 1.88 bits per heavy atom. The Morgan fingerprint density at radius 3 is 2.42 bits per heavy atom. The summed E-state index contributed by atoms with van der Waals surface area (Å²) in [6.45, 7) is 1.41. The first-order chi connectivity index (χ1) is 11.3. The van der Waals surface area contributed by atoms with Gasteiger partial charge in [0.25, 0.3) is 0 Å². The molecule has 0 aliphatic rings. The first-order valence-corrected chi connectivity index (χ1v) is 7.48. The number of rotatable bonds is 8. The summed E-state index contributed by atoms with van der Waals surface area (Å²) >= 11 is 0. The molecule has 0 fully saturated rings. The highest BCUT2D eigenvalue weighted by Crippen LogP contribution is 2.04. The third kappa shape index (κ3) is 6.25. The summed E-state index contributed by atoms with van der Waals surface area (Å²) in [5, 5.41) is 21.2. The molecule has 1 aromatic rings. The van der Waals surface area contributed by atoms with Crippen molar-refractivity contribution in [2.75, 3.05) is 20.2 Å². The third-order valence-corrected chi connectivity index (χ3v) is 3.23. The zero-order valence-electron chi connectivity index (χ0n) is 13.6. The van der Waals surface area contributed by atoms with Crippen molar-refractivity contribution in [3.63, 3.8) is 0 Å². The smallest absolute Gasteiger partial charge is 0.336 e. The van der Waals surface area contributed by atoms with Gasteiger partial charge in [0.1, 0.15) is 6.04 Å². The summed E-state index contributed by atoms with van der Waals surface area (Å²) in [5.41, 5.74) is 0.763. The van der Waals surface area contributed by atoms with Crippen molar-refractivity contribution in [1.29, 1.82) is 0 Å². The Hall–Kier alpha value is -2.61. The van der Waals surface area contributed by atoms with Gasteiger partial charge in [-0.15, -0.1) is 0 Å². The highest BCUT2D eigenvalue weighted by molar-refractivity contribution is 5.83. The molecule has 1 aromatic carbocycles. The molecule has 0 bridgehead atoms. The molecule has 0 heterocycles. The number of hydrogen-bond acceptors (Lipinski definition) is 5. The van der Waals surface area contributed by atoms with E-state index >= 15 is 0 Å². The molecule has 0 aliphatic heterocycles. The van der Waals surface area contributed by atoms with Crippen LogP contribution in [0.3, 0.4) is 0 Å². The van der Waals surface area contributed by atoms with E-state index in [1.54, 1.807) is 31.2 Å². The van der Waals surface area contributed by atoms with E-state index in [0.717, 1.165) is 10.5 Å². The van der Waals surface area contributed by atoms with E-state index in [1.165, 1.54) is 7.05 Å². The van der Waals surface area contributed by atoms with Gasteiger partial charge < -0.3 is 25.2 Å². The van der Waals surface area contributed by atoms with Gasteiger partial charge in [-0.25, -0.2) is 14.4 Å². The molecular formula is C16H22N2O6. The normalized spacial score (nSPS) is 12.8. The lowest BCUT2D eigenvalue weighted by Gasteiger charge is -2.23. The molecule has 0 aliphatic carbocycles. The fourth-order valence-corrected chi connectivity index (χ4v) is 1.96. The van der Waals surface area contributed by atoms with Crippen LogP contribution in [0.15, 0.2) is 30.3 Å². The summed E-state index contributed by atoms with van der Waals surface area (Å²) in [6, 6.07) is 7.05. The zero-order chi connectivity index (χ0) is 18.1. The second kappa shape index (κ2) is 9.51. The minimum Gasteiger partial charge on any atom is -0.480 e. The average Bonchev–Trinajstić information content (AvgIpc) is 2.55. The minimum absolute atomic E-state index is 0.115. The Labute approximate surface area is 140 Å². The van der Waals surface area contributed by atoms with Gasteiger partial charge in [-0.05, 0) is 12.5 Å². The number of esters is 1. The summed E-state index contributed by atoms with van der Waals surface area (Å²) in [7, 11) is 1.35. The van der Waals surface area contributed by atoms with Gasteiger partial charge >= 0.3 is 18.0 Å². The van der Waals surface area contributed by atoms with Gasteiger partial charge in [0.2, 0.25) is 0 Å². The van der Waals surface area contributed by atoms with E-state index in [2.05, 4.69) is 10.1 Å². The maximum absolute atomic E-state index is 12.1. The van der Waals surface area contributed by atoms with Crippen molar-refractivity contribution in [2.45, 2.75) is 25.5 Å². The van der Waals surface area contributed by atoms with Crippen molar-refractivity contribution < 1.29 is 29.3 Å². The van der Waals surface area contributed by atoms with Gasteiger partial charge in [-0.3, -0.25) is 0 Å². The molecule has 8 heteroatoms. The number of aliphatic hydroxyl groups is 1. The molecule has 132 valence electrons. The maximum Gasteiger partial charge on any atom is 0.336 e. The highest BCUT2D eigenvalue weighted by Gasteiger charge is 2.25. The molecule has 1 rings (SSSR count). The largest absolute Gasteiger partial charge is 0.480 e. The van der Waals surface area contributed by atoms with Crippen LogP contribution in [0, 0.1) is 0 Å². The van der Waals surface area contributed by atoms with Crippen molar-refractivity contribution >= 4 is 18.0 Å². The van der Waals surface area contributed by atoms with E-state index in [9.17, 15) is 24.6 Å². The number of carbonyl (C=O) groups excluding carboxylic acids is 2. The van der Waals surface area contributed by atoms with Crippen LogP contribution in [0.5, 0.6) is 0 Å². The predicted molar refractivity (Wildman–Crippen MR) is 85.4 cm³/mol. The average molecular weight is 338 g/mol. The summed E-state index contributed by atoms with van der Waals surface area (Å²) in [5.74, 6) is -2.01. The number of urea groups is 1. The monoisotopic (exact) mass is 338 g/mol. The number of aliphatic carboxylic acids is 1. The molecule has 1 unspecified atom stereocenters. The number of aliphatic hydroxyl groups excluding tert-OH is 1. The number of hydrogen-bond donors (Lipinski definition) is 3. The van der Waals surface area contributed by atoms with Gasteiger partial charge in [-0.1, -0.05) is 30.3 Å². The van der Waals surface area contributed by atoms with Crippen LogP contribution in [0.25, 0.3) is 0 Å². The molecule has 24 heavy (non-hydrogen) atoms. The van der Waals surface area contributed by atoms with Crippen molar-refractivity contribution in [1.82, 2.24) is 10.2 Å². The van der Waals surface area contributed by atoms with Gasteiger partial charge in [0.05, 0.1) is 13.2 Å². The number of amides is 2. The number of nitrogens with one attached hydrogen (secondary N) is 1. The first-order valence-electron chi connectivity index (χ1n) is 7.48. The van der Waals surface area contributed by atoms with Gasteiger partial charge in [-0.2, -0.15) is 0 Å². The van der Waals surface area contributed by atoms with E-state index < -0.39 is 30.1 Å². The van der Waals surface area contributed by atoms with Crippen LogP contribution in [0.2, 0.25) is 0 Å². The number of nitrogens with zero attached hydrogens (tertiary/aromatic N) is 1. The summed E-state index contributed by atoms with van der Waals surface area (Å²) in [6.07, 6.45) is -1.37. The lowest BCUT2D eigenvalue weighted by Crippen LogP contribution is -2.50. The van der Waals surface area contributed by atoms with Crippen molar-refractivity contribution in [2.24, 2.45) is 0 Å². The standard InChI is InChI=1S/C16H22N2O6/c1-3-24-15(22)13(19)10-18(2)16(23)17-12(14(20)21)9-11-7-5-4-6-8-11/h4-8,12-13,19H,3,9-10H2,1-2H3,(H,17,23)(H,20,21)/t12-,13?/m0/s1. The van der Waals surface area contributed by atoms with Crippen LogP contribution in [0.1, 0.15) is 12.5 Å². The molecule has 0 saturated carbocycles. The van der Waals surface area contributed by atoms with E-state index in [-0.39, 0.29) is 19.6 Å². The number of carboxylic acid groups (broad SMARTS) is 1. The molecule has 3 N–H and O–H groups in total. The quantitative estimate of drug-likeness (QED) is 0.585. The number of ether oxygens (including phenoxy) is 1. The van der Waals surface area contributed by atoms with Crippen LogP contribution >= 0.6 is 0 Å². The molecular weight excluding hydrogens is 316 g/mol. The number of benzene rings is 1. The van der Waals surface area contributed by atoms with Crippen LogP contribution < -0.4 is 5.32 Å². The molecule has 0 spiro atoms. The van der Waals surface area contributed by atoms with Crippen LogP contribution in [-0.4, -0.2) is 65.4 Å². The molecule has 2 amide bonds. The number of carboxylic acids is 1. The topological polar surface area (TPSA) is 116 Å². The molecule has 8 nitrogen and oxygen atoms in total. The summed E-state index contributed by atoms with van der Waals surface area (Å²) in [4.78, 5) is 35.8. The zero-order valence-corrected chi connectivity index (χ0v) is 13.6. The Bertz CT molecular complexity index is 563. The van der Waals surface area contributed by atoms with E-state index in [4.69, 9.17) is 0 Å². The van der Waals surface area contributed by atoms with Gasteiger partial charge in [0, 0.05) is 13.5 Å². The molecule has 0 radical (unpaired) electrons. The molecule has 0 aromatic heterocycles. The second-order valence-corrected chi connectivity index (χ2v) is 5.18. The fourth-order valence-electron chi connectivity index (χ4n) is 1.96. The fraction of sp³-hybridized carbons (Fsp3) is 0.438.